The fraction of sp³-hybridized carbons (Fsp3) is 0.600. The number of piperidine rings is 1. The number of anilines is 2. The van der Waals surface area contributed by atoms with Crippen LogP contribution in [0.15, 0.2) is 6.07 Å². The fourth-order valence-corrected chi connectivity index (χ4v) is 3.82. The maximum absolute atomic E-state index is 4.74. The van der Waals surface area contributed by atoms with Crippen LogP contribution in [0, 0.1) is 6.92 Å². The summed E-state index contributed by atoms with van der Waals surface area (Å²) < 4.78 is 0. The highest BCUT2D eigenvalue weighted by Gasteiger charge is 2.24. The summed E-state index contributed by atoms with van der Waals surface area (Å²) in [6.07, 6.45) is 2.48. The summed E-state index contributed by atoms with van der Waals surface area (Å²) in [7, 11) is 6.21. The van der Waals surface area contributed by atoms with Crippen LogP contribution in [-0.2, 0) is 0 Å². The lowest BCUT2D eigenvalue weighted by atomic mass is 10.0. The third kappa shape index (κ3) is 2.82. The first-order valence-corrected chi connectivity index (χ1v) is 8.27. The molecular weight excluding hydrogens is 282 g/mol. The zero-order valence-electron chi connectivity index (χ0n) is 13.2. The number of likely N-dealkylation sites (N-methyl/N-ethyl adjacent to an activating group) is 1. The molecular formula is C15H23N5S. The molecule has 1 N–H and O–H groups in total. The molecule has 0 saturated carbocycles. The number of rotatable bonds is 3. The van der Waals surface area contributed by atoms with Crippen molar-refractivity contribution in [2.24, 2.45) is 0 Å². The van der Waals surface area contributed by atoms with E-state index in [0.29, 0.717) is 12.0 Å². The second-order valence-corrected chi connectivity index (χ2v) is 7.14. The van der Waals surface area contributed by atoms with Gasteiger partial charge >= 0.3 is 0 Å². The lowest BCUT2D eigenvalue weighted by molar-refractivity contribution is 0.257. The van der Waals surface area contributed by atoms with Gasteiger partial charge in [0.2, 0.25) is 5.95 Å². The Morgan fingerprint density at radius 3 is 2.90 bits per heavy atom. The van der Waals surface area contributed by atoms with Crippen molar-refractivity contribution in [1.29, 1.82) is 0 Å². The number of aryl methyl sites for hydroxylation is 1. The molecule has 5 nitrogen and oxygen atoms in total. The van der Waals surface area contributed by atoms with Crippen LogP contribution in [0.25, 0.3) is 10.2 Å². The lowest BCUT2D eigenvalue weighted by Gasteiger charge is -2.37. The van der Waals surface area contributed by atoms with Gasteiger partial charge in [-0.1, -0.05) is 0 Å². The van der Waals surface area contributed by atoms with Gasteiger partial charge in [0.05, 0.1) is 5.39 Å². The first-order chi connectivity index (χ1) is 10.1. The molecule has 114 valence electrons. The van der Waals surface area contributed by atoms with Crippen LogP contribution < -0.4 is 10.2 Å². The van der Waals surface area contributed by atoms with Crippen molar-refractivity contribution >= 4 is 33.3 Å². The van der Waals surface area contributed by atoms with Crippen LogP contribution in [0.5, 0.6) is 0 Å². The molecule has 0 amide bonds. The van der Waals surface area contributed by atoms with Crippen LogP contribution in [0.3, 0.4) is 0 Å². The predicted molar refractivity (Wildman–Crippen MR) is 90.6 cm³/mol. The van der Waals surface area contributed by atoms with Gasteiger partial charge in [0.15, 0.2) is 0 Å². The Kier molecular flexibility index (Phi) is 3.99. The smallest absolute Gasteiger partial charge is 0.225 e. The lowest BCUT2D eigenvalue weighted by Crippen LogP contribution is -2.45. The van der Waals surface area contributed by atoms with E-state index >= 15 is 0 Å². The van der Waals surface area contributed by atoms with E-state index in [-0.39, 0.29) is 0 Å². The Labute approximate surface area is 130 Å². The topological polar surface area (TPSA) is 44.3 Å². The van der Waals surface area contributed by atoms with Gasteiger partial charge in [-0.15, -0.1) is 11.3 Å². The molecule has 1 atom stereocenters. The minimum absolute atomic E-state index is 0.599. The molecule has 3 heterocycles. The molecule has 0 radical (unpaired) electrons. The summed E-state index contributed by atoms with van der Waals surface area (Å²) in [5, 5.41) is 4.28. The quantitative estimate of drug-likeness (QED) is 0.944. The number of hydrogen-bond donors (Lipinski definition) is 1. The zero-order chi connectivity index (χ0) is 15.0. The number of fused-ring (bicyclic) bond motifs is 1. The van der Waals surface area contributed by atoms with E-state index in [1.54, 1.807) is 11.3 Å². The summed E-state index contributed by atoms with van der Waals surface area (Å²) in [6, 6.07) is 2.81. The molecule has 2 aromatic heterocycles. The Balaban J connectivity index is 2.01. The first kappa shape index (κ1) is 14.5. The summed E-state index contributed by atoms with van der Waals surface area (Å²) in [5.74, 6) is 1.80. The third-order valence-electron chi connectivity index (χ3n) is 4.15. The number of nitrogens with one attached hydrogen (secondary N) is 1. The molecule has 1 aliphatic rings. The van der Waals surface area contributed by atoms with Crippen LogP contribution in [-0.4, -0.2) is 55.1 Å². The van der Waals surface area contributed by atoms with Gasteiger partial charge in [0.25, 0.3) is 0 Å². The van der Waals surface area contributed by atoms with Crippen LogP contribution in [0.2, 0.25) is 0 Å². The summed E-state index contributed by atoms with van der Waals surface area (Å²) in [5.41, 5.74) is 0. The van der Waals surface area contributed by atoms with Crippen LogP contribution >= 0.6 is 11.3 Å². The highest BCUT2D eigenvalue weighted by atomic mass is 32.1. The van der Waals surface area contributed by atoms with Crippen LogP contribution in [0.4, 0.5) is 11.8 Å². The molecule has 3 rings (SSSR count). The summed E-state index contributed by atoms with van der Waals surface area (Å²) >= 11 is 1.74. The van der Waals surface area contributed by atoms with E-state index in [1.165, 1.54) is 23.1 Å². The predicted octanol–water partition coefficient (Wildman–Crippen LogP) is 2.57. The second-order valence-electron chi connectivity index (χ2n) is 5.90. The van der Waals surface area contributed by atoms with Crippen molar-refractivity contribution in [3.8, 4) is 0 Å². The second kappa shape index (κ2) is 5.77. The Bertz CT molecular complexity index is 636. The molecule has 0 aromatic carbocycles. The zero-order valence-corrected chi connectivity index (χ0v) is 14.0. The molecule has 6 heteroatoms. The summed E-state index contributed by atoms with van der Waals surface area (Å²) in [4.78, 5) is 16.4. The van der Waals surface area contributed by atoms with Crippen molar-refractivity contribution in [2.45, 2.75) is 25.8 Å². The highest BCUT2D eigenvalue weighted by molar-refractivity contribution is 7.18. The SMILES string of the molecule is CNc1nc(N2CCCC(N(C)C)C2)c2cc(C)sc2n1. The maximum atomic E-state index is 4.74. The maximum Gasteiger partial charge on any atom is 0.225 e. The molecule has 1 aliphatic heterocycles. The Hall–Kier alpha value is -1.40. The van der Waals surface area contributed by atoms with Gasteiger partial charge in [-0.25, -0.2) is 4.98 Å². The van der Waals surface area contributed by atoms with Crippen molar-refractivity contribution in [3.63, 3.8) is 0 Å². The number of thiophene rings is 1. The average molecular weight is 305 g/mol. The molecule has 2 aromatic rings. The van der Waals surface area contributed by atoms with E-state index in [2.05, 4.69) is 47.2 Å². The molecule has 1 unspecified atom stereocenters. The van der Waals surface area contributed by atoms with E-state index in [0.717, 1.165) is 23.7 Å². The number of hydrogen-bond acceptors (Lipinski definition) is 6. The van der Waals surface area contributed by atoms with Crippen molar-refractivity contribution in [2.75, 3.05) is 44.4 Å². The Morgan fingerprint density at radius 2 is 2.19 bits per heavy atom. The molecule has 0 spiro atoms. The minimum atomic E-state index is 0.599. The molecule has 0 aliphatic carbocycles. The molecule has 21 heavy (non-hydrogen) atoms. The third-order valence-corrected chi connectivity index (χ3v) is 5.09. The summed E-state index contributed by atoms with van der Waals surface area (Å²) in [6.45, 7) is 4.25. The molecule has 1 saturated heterocycles. The largest absolute Gasteiger partial charge is 0.357 e. The monoisotopic (exact) mass is 305 g/mol. The van der Waals surface area contributed by atoms with Crippen LogP contribution in [0.1, 0.15) is 17.7 Å². The molecule has 0 bridgehead atoms. The van der Waals surface area contributed by atoms with E-state index in [1.807, 2.05) is 7.05 Å². The molecule has 1 fully saturated rings. The first-order valence-electron chi connectivity index (χ1n) is 7.46. The van der Waals surface area contributed by atoms with E-state index in [4.69, 9.17) is 4.98 Å². The standard InChI is InChI=1S/C15H23N5S/c1-10-8-12-13(17-15(16-2)18-14(12)21-10)20-7-5-6-11(9-20)19(3)4/h8,11H,5-7,9H2,1-4H3,(H,16,17,18). The van der Waals surface area contributed by atoms with Crippen molar-refractivity contribution in [1.82, 2.24) is 14.9 Å². The van der Waals surface area contributed by atoms with Gasteiger partial charge in [-0.2, -0.15) is 4.98 Å². The average Bonchev–Trinajstić information content (AvgIpc) is 2.86. The van der Waals surface area contributed by atoms with Gasteiger partial charge in [0.1, 0.15) is 10.6 Å². The van der Waals surface area contributed by atoms with Crippen molar-refractivity contribution in [3.05, 3.63) is 10.9 Å². The Morgan fingerprint density at radius 1 is 1.38 bits per heavy atom. The number of aromatic nitrogens is 2. The van der Waals surface area contributed by atoms with Gasteiger partial charge in [0, 0.05) is 31.1 Å². The highest BCUT2D eigenvalue weighted by Crippen LogP contribution is 2.33. The van der Waals surface area contributed by atoms with E-state index < -0.39 is 0 Å². The van der Waals surface area contributed by atoms with E-state index in [9.17, 15) is 0 Å². The van der Waals surface area contributed by atoms with Gasteiger partial charge < -0.3 is 15.1 Å². The minimum Gasteiger partial charge on any atom is -0.357 e. The fourth-order valence-electron chi connectivity index (χ4n) is 2.95. The number of nitrogens with zero attached hydrogens (tertiary/aromatic N) is 4. The van der Waals surface area contributed by atoms with Gasteiger partial charge in [-0.05, 0) is 39.9 Å². The normalized spacial score (nSPS) is 19.5. The van der Waals surface area contributed by atoms with Crippen molar-refractivity contribution < 1.29 is 0 Å². The van der Waals surface area contributed by atoms with Gasteiger partial charge in [-0.3, -0.25) is 0 Å².